The zero-order valence-corrected chi connectivity index (χ0v) is 17.2. The first kappa shape index (κ1) is 20.9. The number of hydrogen-bond acceptors (Lipinski definition) is 4. The molecule has 2 aromatic carbocycles. The van der Waals surface area contributed by atoms with E-state index in [1.54, 1.807) is 25.3 Å². The van der Waals surface area contributed by atoms with Gasteiger partial charge in [-0.25, -0.2) is 0 Å². The van der Waals surface area contributed by atoms with Crippen LogP contribution in [0, 0.1) is 5.92 Å². The summed E-state index contributed by atoms with van der Waals surface area (Å²) in [6.45, 7) is 3.90. The summed E-state index contributed by atoms with van der Waals surface area (Å²) < 4.78 is 11.2. The molecule has 0 radical (unpaired) electrons. The zero-order chi connectivity index (χ0) is 20.6. The van der Waals surface area contributed by atoms with Crippen molar-refractivity contribution in [1.82, 2.24) is 4.90 Å². The Morgan fingerprint density at radius 3 is 2.38 bits per heavy atom. The molecule has 1 amide bonds. The number of nitrogens with zero attached hydrogens (tertiary/aromatic N) is 1. The van der Waals surface area contributed by atoms with Gasteiger partial charge in [0.05, 0.1) is 13.7 Å². The van der Waals surface area contributed by atoms with Gasteiger partial charge in [0, 0.05) is 30.1 Å². The van der Waals surface area contributed by atoms with Crippen molar-refractivity contribution >= 4 is 11.7 Å². The number of rotatable bonds is 8. The minimum Gasteiger partial charge on any atom is -0.493 e. The summed E-state index contributed by atoms with van der Waals surface area (Å²) in [5.41, 5.74) is 1.33. The summed E-state index contributed by atoms with van der Waals surface area (Å²) in [5, 5.41) is 0. The number of hydrogen-bond donors (Lipinski definition) is 0. The van der Waals surface area contributed by atoms with E-state index in [4.69, 9.17) is 9.47 Å². The molecule has 1 heterocycles. The van der Waals surface area contributed by atoms with E-state index in [2.05, 4.69) is 6.92 Å². The van der Waals surface area contributed by atoms with E-state index in [1.807, 2.05) is 35.2 Å². The van der Waals surface area contributed by atoms with E-state index in [1.165, 1.54) is 0 Å². The fourth-order valence-corrected chi connectivity index (χ4v) is 3.61. The van der Waals surface area contributed by atoms with Crippen molar-refractivity contribution in [1.29, 1.82) is 0 Å². The van der Waals surface area contributed by atoms with Crippen molar-refractivity contribution in [3.8, 4) is 11.5 Å². The minimum atomic E-state index is -0.0333. The Kier molecular flexibility index (Phi) is 7.28. The highest BCUT2D eigenvalue weighted by Gasteiger charge is 2.28. The Labute approximate surface area is 172 Å². The van der Waals surface area contributed by atoms with Crippen LogP contribution < -0.4 is 9.47 Å². The number of carbonyl (C=O) groups is 2. The smallest absolute Gasteiger partial charge is 0.253 e. The van der Waals surface area contributed by atoms with Crippen LogP contribution in [0.3, 0.4) is 0 Å². The number of carbonyl (C=O) groups excluding carboxylic acids is 2. The zero-order valence-electron chi connectivity index (χ0n) is 17.2. The second-order valence-electron chi connectivity index (χ2n) is 7.36. The molecule has 0 N–H and O–H groups in total. The number of ether oxygens (including phenoxy) is 2. The molecule has 1 aliphatic heterocycles. The average molecular weight is 395 g/mol. The molecule has 2 aromatic rings. The lowest BCUT2D eigenvalue weighted by atomic mass is 9.88. The fraction of sp³-hybridized carbons (Fsp3) is 0.417. The number of amides is 1. The van der Waals surface area contributed by atoms with Gasteiger partial charge in [-0.15, -0.1) is 0 Å². The molecule has 0 bridgehead atoms. The van der Waals surface area contributed by atoms with E-state index in [9.17, 15) is 9.59 Å². The molecule has 154 valence electrons. The number of methoxy groups -OCH3 is 1. The SMILES string of the molecule is CCCCOc1ccc(C(=O)N2CCC(C(=O)c3ccccc3)CC2)cc1OC. The molecule has 3 rings (SSSR count). The van der Waals surface area contributed by atoms with Gasteiger partial charge in [-0.05, 0) is 37.5 Å². The standard InChI is InChI=1S/C24H29NO4/c1-3-4-16-29-21-11-10-20(17-22(21)28-2)24(27)25-14-12-19(13-15-25)23(26)18-8-6-5-7-9-18/h5-11,17,19H,3-4,12-16H2,1-2H3. The third kappa shape index (κ3) is 5.17. The van der Waals surface area contributed by atoms with Gasteiger partial charge in [0.2, 0.25) is 0 Å². The second-order valence-corrected chi connectivity index (χ2v) is 7.36. The lowest BCUT2D eigenvalue weighted by Gasteiger charge is -2.31. The van der Waals surface area contributed by atoms with Gasteiger partial charge in [0.25, 0.3) is 5.91 Å². The summed E-state index contributed by atoms with van der Waals surface area (Å²) in [7, 11) is 1.58. The Bertz CT molecular complexity index is 826. The first-order valence-electron chi connectivity index (χ1n) is 10.3. The Hall–Kier alpha value is -2.82. The van der Waals surface area contributed by atoms with Gasteiger partial charge in [-0.3, -0.25) is 9.59 Å². The van der Waals surface area contributed by atoms with Crippen molar-refractivity contribution in [2.24, 2.45) is 5.92 Å². The molecule has 0 aliphatic carbocycles. The summed E-state index contributed by atoms with van der Waals surface area (Å²) >= 11 is 0. The monoisotopic (exact) mass is 395 g/mol. The van der Waals surface area contributed by atoms with Crippen molar-refractivity contribution < 1.29 is 19.1 Å². The average Bonchev–Trinajstić information content (AvgIpc) is 2.79. The predicted octanol–water partition coefficient (Wildman–Crippen LogP) is 4.61. The molecule has 0 spiro atoms. The van der Waals surface area contributed by atoms with Gasteiger partial charge in [0.15, 0.2) is 17.3 Å². The first-order valence-corrected chi connectivity index (χ1v) is 10.3. The van der Waals surface area contributed by atoms with Gasteiger partial charge < -0.3 is 14.4 Å². The number of unbranched alkanes of at least 4 members (excludes halogenated alkanes) is 1. The molecule has 1 fully saturated rings. The molecular formula is C24H29NO4. The van der Waals surface area contributed by atoms with E-state index < -0.39 is 0 Å². The largest absolute Gasteiger partial charge is 0.493 e. The number of Topliss-reactive ketones (excluding diaryl/α,β-unsaturated/α-hetero) is 1. The van der Waals surface area contributed by atoms with Crippen LogP contribution in [-0.2, 0) is 0 Å². The van der Waals surface area contributed by atoms with E-state index in [0.29, 0.717) is 49.6 Å². The quantitative estimate of drug-likeness (QED) is 0.484. The van der Waals surface area contributed by atoms with Crippen LogP contribution in [0.2, 0.25) is 0 Å². The first-order chi connectivity index (χ1) is 14.1. The summed E-state index contributed by atoms with van der Waals surface area (Å²) in [5.74, 6) is 1.35. The van der Waals surface area contributed by atoms with Gasteiger partial charge in [0.1, 0.15) is 0 Å². The van der Waals surface area contributed by atoms with E-state index in [-0.39, 0.29) is 17.6 Å². The highest BCUT2D eigenvalue weighted by atomic mass is 16.5. The van der Waals surface area contributed by atoms with Crippen molar-refractivity contribution in [2.45, 2.75) is 32.6 Å². The van der Waals surface area contributed by atoms with Crippen LogP contribution in [0.25, 0.3) is 0 Å². The molecule has 1 saturated heterocycles. The molecule has 0 atom stereocenters. The fourth-order valence-electron chi connectivity index (χ4n) is 3.61. The molecular weight excluding hydrogens is 366 g/mol. The normalized spacial score (nSPS) is 14.5. The Morgan fingerprint density at radius 1 is 1.00 bits per heavy atom. The third-order valence-electron chi connectivity index (χ3n) is 5.38. The highest BCUT2D eigenvalue weighted by Crippen LogP contribution is 2.30. The van der Waals surface area contributed by atoms with E-state index >= 15 is 0 Å². The molecule has 5 nitrogen and oxygen atoms in total. The molecule has 5 heteroatoms. The molecule has 0 aromatic heterocycles. The van der Waals surface area contributed by atoms with Gasteiger partial charge in [-0.2, -0.15) is 0 Å². The highest BCUT2D eigenvalue weighted by molar-refractivity contribution is 5.98. The maximum atomic E-state index is 12.9. The van der Waals surface area contributed by atoms with Crippen LogP contribution >= 0.6 is 0 Å². The minimum absolute atomic E-state index is 0.0228. The van der Waals surface area contributed by atoms with Crippen LogP contribution in [0.5, 0.6) is 11.5 Å². The lowest BCUT2D eigenvalue weighted by molar-refractivity contribution is 0.0650. The lowest BCUT2D eigenvalue weighted by Crippen LogP contribution is -2.40. The number of benzene rings is 2. The maximum Gasteiger partial charge on any atom is 0.253 e. The molecule has 29 heavy (non-hydrogen) atoms. The van der Waals surface area contributed by atoms with Crippen LogP contribution in [-0.4, -0.2) is 43.4 Å². The van der Waals surface area contributed by atoms with Crippen molar-refractivity contribution in [3.05, 3.63) is 59.7 Å². The van der Waals surface area contributed by atoms with Crippen LogP contribution in [0.15, 0.2) is 48.5 Å². The summed E-state index contributed by atoms with van der Waals surface area (Å²) in [4.78, 5) is 27.4. The summed E-state index contributed by atoms with van der Waals surface area (Å²) in [6.07, 6.45) is 3.41. The third-order valence-corrected chi connectivity index (χ3v) is 5.38. The van der Waals surface area contributed by atoms with Gasteiger partial charge >= 0.3 is 0 Å². The number of piperidine rings is 1. The Balaban J connectivity index is 1.61. The number of ketones is 1. The van der Waals surface area contributed by atoms with Gasteiger partial charge in [-0.1, -0.05) is 43.7 Å². The predicted molar refractivity (Wildman–Crippen MR) is 113 cm³/mol. The molecule has 1 aliphatic rings. The van der Waals surface area contributed by atoms with Crippen molar-refractivity contribution in [2.75, 3.05) is 26.8 Å². The summed E-state index contributed by atoms with van der Waals surface area (Å²) in [6, 6.07) is 14.7. The number of likely N-dealkylation sites (tertiary alicyclic amines) is 1. The van der Waals surface area contributed by atoms with Crippen molar-refractivity contribution in [3.63, 3.8) is 0 Å². The van der Waals surface area contributed by atoms with E-state index in [0.717, 1.165) is 18.4 Å². The molecule has 0 unspecified atom stereocenters. The second kappa shape index (κ2) is 10.1. The van der Waals surface area contributed by atoms with Crippen LogP contribution in [0.1, 0.15) is 53.3 Å². The molecule has 0 saturated carbocycles. The topological polar surface area (TPSA) is 55.8 Å². The van der Waals surface area contributed by atoms with Crippen LogP contribution in [0.4, 0.5) is 0 Å². The Morgan fingerprint density at radius 2 is 1.72 bits per heavy atom. The maximum absolute atomic E-state index is 12.9.